The maximum absolute atomic E-state index is 13.5. The second-order valence-corrected chi connectivity index (χ2v) is 8.14. The van der Waals surface area contributed by atoms with Gasteiger partial charge in [0.15, 0.2) is 0 Å². The first-order valence-corrected chi connectivity index (χ1v) is 11.4. The van der Waals surface area contributed by atoms with Crippen LogP contribution in [0.25, 0.3) is 27.7 Å². The second-order valence-electron chi connectivity index (χ2n) is 7.70. The van der Waals surface area contributed by atoms with E-state index in [4.69, 9.17) is 33.3 Å². The van der Waals surface area contributed by atoms with E-state index in [1.54, 1.807) is 4.57 Å². The molecule has 0 spiro atoms. The summed E-state index contributed by atoms with van der Waals surface area (Å²) in [5.41, 5.74) is 14.0. The largest absolute Gasteiger partial charge is 0.382 e. The summed E-state index contributed by atoms with van der Waals surface area (Å²) in [5.74, 6) is 0.952. The molecular weight excluding hydrogens is 474 g/mol. The van der Waals surface area contributed by atoms with Crippen LogP contribution in [0.15, 0.2) is 83.8 Å². The van der Waals surface area contributed by atoms with E-state index in [-0.39, 0.29) is 22.9 Å². The number of para-hydroxylation sites is 1. The van der Waals surface area contributed by atoms with Crippen molar-refractivity contribution in [2.75, 3.05) is 11.5 Å². The summed E-state index contributed by atoms with van der Waals surface area (Å²) in [4.78, 5) is 25.4. The average Bonchev–Trinajstić information content (AvgIpc) is 2.89. The molecule has 0 fully saturated rings. The molecule has 8 nitrogen and oxygen atoms in total. The number of halogens is 1. The van der Waals surface area contributed by atoms with Gasteiger partial charge in [0.25, 0.3) is 5.56 Å². The van der Waals surface area contributed by atoms with Gasteiger partial charge in [-0.2, -0.15) is 10.2 Å². The topological polar surface area (TPSA) is 136 Å². The summed E-state index contributed by atoms with van der Waals surface area (Å²) in [6.45, 7) is 2.01. The highest BCUT2D eigenvalue weighted by Crippen LogP contribution is 2.27. The normalized spacial score (nSPS) is 10.4. The number of aromatic nitrogens is 4. The summed E-state index contributed by atoms with van der Waals surface area (Å²) in [5, 5.41) is 9.65. The molecule has 178 valence electrons. The maximum atomic E-state index is 13.5. The average molecular weight is 496 g/mol. The Bertz CT molecular complexity index is 1630. The molecule has 0 atom stereocenters. The Hall–Kier alpha value is -4.74. The number of aryl methyl sites for hydroxylation is 1. The first kappa shape index (κ1) is 24.4. The molecule has 0 unspecified atom stereocenters. The van der Waals surface area contributed by atoms with Crippen LogP contribution in [0.3, 0.4) is 0 Å². The van der Waals surface area contributed by atoms with E-state index < -0.39 is 0 Å². The molecule has 0 saturated heterocycles. The van der Waals surface area contributed by atoms with Crippen molar-refractivity contribution < 1.29 is 0 Å². The van der Waals surface area contributed by atoms with Crippen molar-refractivity contribution in [2.45, 2.75) is 13.3 Å². The van der Waals surface area contributed by atoms with Crippen LogP contribution >= 0.6 is 11.6 Å². The van der Waals surface area contributed by atoms with Crippen molar-refractivity contribution in [1.82, 2.24) is 19.5 Å². The first-order chi connectivity index (χ1) is 17.4. The van der Waals surface area contributed by atoms with Crippen LogP contribution in [-0.4, -0.2) is 19.5 Å². The molecule has 5 aromatic rings. The molecule has 2 aromatic heterocycles. The quantitative estimate of drug-likeness (QED) is 0.367. The van der Waals surface area contributed by atoms with Crippen molar-refractivity contribution in [3.05, 3.63) is 106 Å². The summed E-state index contributed by atoms with van der Waals surface area (Å²) in [7, 11) is 0. The number of benzene rings is 3. The number of nitrogen functional groups attached to an aromatic ring is 2. The van der Waals surface area contributed by atoms with Gasteiger partial charge < -0.3 is 11.5 Å². The third kappa shape index (κ3) is 5.02. The highest BCUT2D eigenvalue weighted by atomic mass is 35.5. The van der Waals surface area contributed by atoms with Gasteiger partial charge in [-0.1, -0.05) is 61.0 Å². The molecule has 0 aliphatic rings. The Morgan fingerprint density at radius 3 is 2.33 bits per heavy atom. The van der Waals surface area contributed by atoms with E-state index in [9.17, 15) is 4.79 Å². The number of rotatable bonds is 3. The molecule has 0 saturated carbocycles. The van der Waals surface area contributed by atoms with E-state index >= 15 is 0 Å². The monoisotopic (exact) mass is 495 g/mol. The lowest BCUT2D eigenvalue weighted by Crippen LogP contribution is -2.24. The molecule has 0 bridgehead atoms. The van der Waals surface area contributed by atoms with Crippen LogP contribution in [-0.2, 0) is 6.42 Å². The standard InChI is InChI=1S/C22H17ClN2O.C5H5N5/c1-2-20-24-19-10-6-9-18(15-11-13-16(23)14-12-15)21(19)22(26)25(20)17-7-4-3-5-8-17;6-1-3-2-9-5(8)10-4(3)7/h3-14H,2H2,1H3;2H,(H4,7,8,9,10). The molecule has 2 heterocycles. The summed E-state index contributed by atoms with van der Waals surface area (Å²) < 4.78 is 1.71. The molecule has 0 aliphatic heterocycles. The number of hydrogen-bond donors (Lipinski definition) is 2. The molecule has 0 amide bonds. The highest BCUT2D eigenvalue weighted by Gasteiger charge is 2.15. The third-order valence-electron chi connectivity index (χ3n) is 5.41. The Morgan fingerprint density at radius 1 is 0.972 bits per heavy atom. The predicted octanol–water partition coefficient (Wildman–Crippen LogP) is 4.78. The van der Waals surface area contributed by atoms with Gasteiger partial charge in [0, 0.05) is 11.4 Å². The van der Waals surface area contributed by atoms with Crippen LogP contribution < -0.4 is 17.0 Å². The van der Waals surface area contributed by atoms with Crippen molar-refractivity contribution in [3.8, 4) is 22.9 Å². The van der Waals surface area contributed by atoms with Gasteiger partial charge in [0.05, 0.1) is 22.8 Å². The fraction of sp³-hybridized carbons (Fsp3) is 0.0741. The summed E-state index contributed by atoms with van der Waals surface area (Å²) >= 11 is 6.02. The van der Waals surface area contributed by atoms with Crippen molar-refractivity contribution in [1.29, 1.82) is 5.26 Å². The molecule has 5 rings (SSSR count). The molecule has 3 aromatic carbocycles. The maximum Gasteiger partial charge on any atom is 0.266 e. The Labute approximate surface area is 212 Å². The predicted molar refractivity (Wildman–Crippen MR) is 143 cm³/mol. The number of nitriles is 1. The van der Waals surface area contributed by atoms with E-state index in [1.165, 1.54) is 6.20 Å². The number of nitrogens with two attached hydrogens (primary N) is 2. The van der Waals surface area contributed by atoms with Gasteiger partial charge in [-0.05, 0) is 41.5 Å². The SMILES string of the molecule is CCc1nc2cccc(-c3ccc(Cl)cc3)c2c(=O)n1-c1ccccc1.N#Cc1cnc(N)nc1N. The van der Waals surface area contributed by atoms with E-state index in [2.05, 4.69) is 9.97 Å². The van der Waals surface area contributed by atoms with E-state index in [0.717, 1.165) is 22.6 Å². The number of fused-ring (bicyclic) bond motifs is 1. The molecule has 4 N–H and O–H groups in total. The fourth-order valence-corrected chi connectivity index (χ4v) is 3.85. The van der Waals surface area contributed by atoms with Crippen molar-refractivity contribution in [3.63, 3.8) is 0 Å². The van der Waals surface area contributed by atoms with Gasteiger partial charge in [-0.25, -0.2) is 9.97 Å². The Kier molecular flexibility index (Phi) is 7.23. The molecule has 0 aliphatic carbocycles. The van der Waals surface area contributed by atoms with E-state index in [1.807, 2.05) is 85.8 Å². The number of anilines is 2. The van der Waals surface area contributed by atoms with Crippen molar-refractivity contribution in [2.24, 2.45) is 0 Å². The minimum Gasteiger partial charge on any atom is -0.382 e. The minimum absolute atomic E-state index is 0.0522. The smallest absolute Gasteiger partial charge is 0.266 e. The zero-order valence-electron chi connectivity index (χ0n) is 19.4. The van der Waals surface area contributed by atoms with Gasteiger partial charge in [0.2, 0.25) is 5.95 Å². The molecular formula is C27H22ClN7O. The third-order valence-corrected chi connectivity index (χ3v) is 5.66. The van der Waals surface area contributed by atoms with Crippen LogP contribution in [0.5, 0.6) is 0 Å². The first-order valence-electron chi connectivity index (χ1n) is 11.1. The number of hydrogen-bond acceptors (Lipinski definition) is 7. The summed E-state index contributed by atoms with van der Waals surface area (Å²) in [6, 6.07) is 24.8. The lowest BCUT2D eigenvalue weighted by atomic mass is 10.0. The zero-order valence-corrected chi connectivity index (χ0v) is 20.1. The van der Waals surface area contributed by atoms with Crippen LogP contribution in [0.1, 0.15) is 18.3 Å². The van der Waals surface area contributed by atoms with Gasteiger partial charge in [0.1, 0.15) is 23.3 Å². The Morgan fingerprint density at radius 2 is 1.69 bits per heavy atom. The lowest BCUT2D eigenvalue weighted by Gasteiger charge is -2.14. The van der Waals surface area contributed by atoms with Crippen LogP contribution in [0.4, 0.5) is 11.8 Å². The van der Waals surface area contributed by atoms with Crippen LogP contribution in [0.2, 0.25) is 5.02 Å². The zero-order chi connectivity index (χ0) is 25.7. The van der Waals surface area contributed by atoms with Gasteiger partial charge >= 0.3 is 0 Å². The Balaban J connectivity index is 0.000000256. The van der Waals surface area contributed by atoms with Gasteiger partial charge in [-0.15, -0.1) is 0 Å². The fourth-order valence-electron chi connectivity index (χ4n) is 3.72. The van der Waals surface area contributed by atoms with Crippen molar-refractivity contribution >= 4 is 34.3 Å². The molecule has 0 radical (unpaired) electrons. The molecule has 9 heteroatoms. The highest BCUT2D eigenvalue weighted by molar-refractivity contribution is 6.30. The number of nitrogens with zero attached hydrogens (tertiary/aromatic N) is 5. The van der Waals surface area contributed by atoms with Gasteiger partial charge in [-0.3, -0.25) is 9.36 Å². The minimum atomic E-state index is -0.0522. The lowest BCUT2D eigenvalue weighted by molar-refractivity contribution is 0.833. The van der Waals surface area contributed by atoms with Crippen LogP contribution in [0, 0.1) is 11.3 Å². The molecule has 36 heavy (non-hydrogen) atoms. The van der Waals surface area contributed by atoms with E-state index in [0.29, 0.717) is 22.3 Å². The second kappa shape index (κ2) is 10.7. The summed E-state index contributed by atoms with van der Waals surface area (Å²) in [6.07, 6.45) is 1.96.